The predicted molar refractivity (Wildman–Crippen MR) is 64.4 cm³/mol. The van der Waals surface area contributed by atoms with Crippen molar-refractivity contribution in [1.82, 2.24) is 9.78 Å². The molecule has 0 radical (unpaired) electrons. The Kier molecular flexibility index (Phi) is 4.96. The predicted octanol–water partition coefficient (Wildman–Crippen LogP) is 3.72. The lowest BCUT2D eigenvalue weighted by molar-refractivity contribution is 0.541. The van der Waals surface area contributed by atoms with Crippen LogP contribution in [0.5, 0.6) is 0 Å². The molecule has 80 valence electrons. The highest BCUT2D eigenvalue weighted by Crippen LogP contribution is 2.19. The van der Waals surface area contributed by atoms with Crippen LogP contribution in [-0.4, -0.2) is 15.1 Å². The first-order valence-corrected chi connectivity index (χ1v) is 6.42. The van der Waals surface area contributed by atoms with Gasteiger partial charge in [0.15, 0.2) is 0 Å². The molecule has 1 aromatic heterocycles. The van der Waals surface area contributed by atoms with E-state index in [0.717, 1.165) is 28.3 Å². The summed E-state index contributed by atoms with van der Waals surface area (Å²) >= 11 is 9.47. The smallest absolute Gasteiger partial charge is 0.0844 e. The first-order valence-electron chi connectivity index (χ1n) is 4.92. The third-order valence-electron chi connectivity index (χ3n) is 2.30. The van der Waals surface area contributed by atoms with Crippen molar-refractivity contribution in [2.75, 3.05) is 5.33 Å². The van der Waals surface area contributed by atoms with E-state index in [1.54, 1.807) is 0 Å². The van der Waals surface area contributed by atoms with Crippen molar-refractivity contribution in [3.63, 3.8) is 0 Å². The van der Waals surface area contributed by atoms with E-state index in [2.05, 4.69) is 21.0 Å². The molecule has 0 aliphatic rings. The monoisotopic (exact) mass is 278 g/mol. The van der Waals surface area contributed by atoms with Crippen molar-refractivity contribution in [2.45, 2.75) is 39.7 Å². The normalized spacial score (nSPS) is 10.9. The Labute approximate surface area is 98.8 Å². The summed E-state index contributed by atoms with van der Waals surface area (Å²) in [5, 5.41) is 6.28. The highest BCUT2D eigenvalue weighted by molar-refractivity contribution is 9.09. The zero-order chi connectivity index (χ0) is 10.6. The maximum Gasteiger partial charge on any atom is 0.0844 e. The molecule has 1 rings (SSSR count). The standard InChI is InChI=1S/C10H16BrClN2/c1-8-10(12)9(2)14(13-8)7-5-3-4-6-11/h3-7H2,1-2H3. The lowest BCUT2D eigenvalue weighted by Gasteiger charge is -2.03. The van der Waals surface area contributed by atoms with Gasteiger partial charge in [0.2, 0.25) is 0 Å². The van der Waals surface area contributed by atoms with Crippen LogP contribution in [0.15, 0.2) is 0 Å². The average molecular weight is 280 g/mol. The van der Waals surface area contributed by atoms with E-state index >= 15 is 0 Å². The fourth-order valence-electron chi connectivity index (χ4n) is 1.43. The molecule has 0 bridgehead atoms. The Hall–Kier alpha value is -0.0200. The van der Waals surface area contributed by atoms with Crippen LogP contribution in [0.4, 0.5) is 0 Å². The molecule has 1 aromatic rings. The third-order valence-corrected chi connectivity index (χ3v) is 3.40. The maximum absolute atomic E-state index is 6.05. The number of unbranched alkanes of at least 4 members (excludes halogenated alkanes) is 2. The van der Waals surface area contributed by atoms with Gasteiger partial charge in [-0.25, -0.2) is 0 Å². The molecular formula is C10H16BrClN2. The molecule has 0 saturated heterocycles. The van der Waals surface area contributed by atoms with Gasteiger partial charge in [0.05, 0.1) is 16.4 Å². The fraction of sp³-hybridized carbons (Fsp3) is 0.700. The largest absolute Gasteiger partial charge is 0.268 e. The Morgan fingerprint density at radius 1 is 1.29 bits per heavy atom. The molecule has 0 unspecified atom stereocenters. The van der Waals surface area contributed by atoms with Gasteiger partial charge >= 0.3 is 0 Å². The van der Waals surface area contributed by atoms with Gasteiger partial charge in [0.1, 0.15) is 0 Å². The van der Waals surface area contributed by atoms with E-state index in [-0.39, 0.29) is 0 Å². The van der Waals surface area contributed by atoms with E-state index in [9.17, 15) is 0 Å². The summed E-state index contributed by atoms with van der Waals surface area (Å²) in [5.41, 5.74) is 2.02. The number of nitrogens with zero attached hydrogens (tertiary/aromatic N) is 2. The topological polar surface area (TPSA) is 17.8 Å². The first-order chi connectivity index (χ1) is 6.66. The highest BCUT2D eigenvalue weighted by Gasteiger charge is 2.07. The molecule has 0 spiro atoms. The van der Waals surface area contributed by atoms with Crippen molar-refractivity contribution in [3.8, 4) is 0 Å². The molecule has 2 nitrogen and oxygen atoms in total. The molecule has 0 fully saturated rings. The van der Waals surface area contributed by atoms with Gasteiger partial charge in [-0.05, 0) is 26.7 Å². The quantitative estimate of drug-likeness (QED) is 0.593. The molecule has 0 saturated carbocycles. The Balaban J connectivity index is 2.47. The van der Waals surface area contributed by atoms with Crippen molar-refractivity contribution < 1.29 is 0 Å². The molecule has 0 aliphatic carbocycles. The van der Waals surface area contributed by atoms with Crippen LogP contribution < -0.4 is 0 Å². The Morgan fingerprint density at radius 3 is 2.50 bits per heavy atom. The Morgan fingerprint density at radius 2 is 2.00 bits per heavy atom. The molecule has 0 aliphatic heterocycles. The second-order valence-corrected chi connectivity index (χ2v) is 4.63. The average Bonchev–Trinajstić information content (AvgIpc) is 2.41. The van der Waals surface area contributed by atoms with Gasteiger partial charge in [-0.2, -0.15) is 5.10 Å². The van der Waals surface area contributed by atoms with E-state index < -0.39 is 0 Å². The van der Waals surface area contributed by atoms with Crippen LogP contribution in [0.1, 0.15) is 30.7 Å². The minimum atomic E-state index is 0.811. The van der Waals surface area contributed by atoms with Gasteiger partial charge in [0, 0.05) is 11.9 Å². The maximum atomic E-state index is 6.05. The summed E-state index contributed by atoms with van der Waals surface area (Å²) < 4.78 is 2.01. The number of rotatable bonds is 5. The molecule has 1 heterocycles. The summed E-state index contributed by atoms with van der Waals surface area (Å²) in [6, 6.07) is 0. The Bertz CT molecular complexity index is 297. The third kappa shape index (κ3) is 2.99. The lowest BCUT2D eigenvalue weighted by atomic mass is 10.2. The van der Waals surface area contributed by atoms with Crippen LogP contribution in [-0.2, 0) is 6.54 Å². The minimum Gasteiger partial charge on any atom is -0.268 e. The molecule has 0 atom stereocenters. The summed E-state index contributed by atoms with van der Waals surface area (Å²) in [6.45, 7) is 4.95. The summed E-state index contributed by atoms with van der Waals surface area (Å²) in [5.74, 6) is 0. The number of alkyl halides is 1. The van der Waals surface area contributed by atoms with E-state index in [4.69, 9.17) is 11.6 Å². The number of hydrogen-bond acceptors (Lipinski definition) is 1. The molecule has 0 N–H and O–H groups in total. The minimum absolute atomic E-state index is 0.811. The van der Waals surface area contributed by atoms with Crippen LogP contribution in [0.3, 0.4) is 0 Å². The second kappa shape index (κ2) is 5.76. The van der Waals surface area contributed by atoms with Crippen molar-refractivity contribution in [2.24, 2.45) is 0 Å². The first kappa shape index (κ1) is 12.1. The van der Waals surface area contributed by atoms with E-state index in [1.807, 2.05) is 18.5 Å². The number of aromatic nitrogens is 2. The summed E-state index contributed by atoms with van der Waals surface area (Å²) in [7, 11) is 0. The number of aryl methyl sites for hydroxylation is 2. The molecule has 0 aromatic carbocycles. The van der Waals surface area contributed by atoms with Crippen LogP contribution >= 0.6 is 27.5 Å². The van der Waals surface area contributed by atoms with Crippen molar-refractivity contribution in [3.05, 3.63) is 16.4 Å². The van der Waals surface area contributed by atoms with Gasteiger partial charge in [-0.3, -0.25) is 4.68 Å². The van der Waals surface area contributed by atoms with Crippen LogP contribution in [0.25, 0.3) is 0 Å². The highest BCUT2D eigenvalue weighted by atomic mass is 79.9. The summed E-state index contributed by atoms with van der Waals surface area (Å²) in [4.78, 5) is 0. The van der Waals surface area contributed by atoms with E-state index in [0.29, 0.717) is 0 Å². The molecule has 14 heavy (non-hydrogen) atoms. The second-order valence-electron chi connectivity index (χ2n) is 3.46. The van der Waals surface area contributed by atoms with Gasteiger partial charge in [-0.1, -0.05) is 34.0 Å². The van der Waals surface area contributed by atoms with Crippen molar-refractivity contribution >= 4 is 27.5 Å². The van der Waals surface area contributed by atoms with Crippen LogP contribution in [0.2, 0.25) is 5.02 Å². The van der Waals surface area contributed by atoms with Gasteiger partial charge < -0.3 is 0 Å². The molecule has 4 heteroatoms. The lowest BCUT2D eigenvalue weighted by Crippen LogP contribution is -2.02. The van der Waals surface area contributed by atoms with E-state index in [1.165, 1.54) is 19.3 Å². The number of hydrogen-bond donors (Lipinski definition) is 0. The van der Waals surface area contributed by atoms with Gasteiger partial charge in [-0.15, -0.1) is 0 Å². The van der Waals surface area contributed by atoms with Crippen LogP contribution in [0, 0.1) is 13.8 Å². The molecular weight excluding hydrogens is 263 g/mol. The summed E-state index contributed by atoms with van der Waals surface area (Å²) in [6.07, 6.45) is 3.64. The van der Waals surface area contributed by atoms with Gasteiger partial charge in [0.25, 0.3) is 0 Å². The SMILES string of the molecule is Cc1nn(CCCCCBr)c(C)c1Cl. The molecule has 0 amide bonds. The zero-order valence-electron chi connectivity index (χ0n) is 8.69. The van der Waals surface area contributed by atoms with Crippen molar-refractivity contribution in [1.29, 1.82) is 0 Å². The fourth-order valence-corrected chi connectivity index (χ4v) is 1.96. The zero-order valence-corrected chi connectivity index (χ0v) is 11.0. The number of halogens is 2.